The Morgan fingerprint density at radius 1 is 0.554 bits per heavy atom. The molecule has 0 aromatic carbocycles. The van der Waals surface area contributed by atoms with Crippen LogP contribution in [-0.2, 0) is 18.4 Å². The highest BCUT2D eigenvalue weighted by Crippen LogP contribution is 2.38. The normalized spacial score (nSPS) is 14.2. The van der Waals surface area contributed by atoms with Gasteiger partial charge in [-0.1, -0.05) is 226 Å². The molecule has 0 fully saturated rings. The van der Waals surface area contributed by atoms with Gasteiger partial charge in [0.25, 0.3) is 7.82 Å². The molecule has 0 rings (SSSR count). The van der Waals surface area contributed by atoms with Crippen LogP contribution in [0.5, 0.6) is 0 Å². The third-order valence-electron chi connectivity index (χ3n) is 11.3. The fourth-order valence-corrected chi connectivity index (χ4v) is 8.18. The van der Waals surface area contributed by atoms with Gasteiger partial charge in [-0.05, 0) is 12.8 Å². The SMILES string of the molecule is CCCCCCCCCCCCCCCCCCCCCCCCCCCC(O)C(COP(=O)([O-])OCC[N+](C)(C)C)NC(=O)CCCCCCCCCCC. The fourth-order valence-electron chi connectivity index (χ4n) is 7.45. The molecule has 0 bridgehead atoms. The van der Waals surface area contributed by atoms with Gasteiger partial charge in [-0.15, -0.1) is 0 Å². The molecule has 0 spiro atoms. The van der Waals surface area contributed by atoms with Crippen LogP contribution >= 0.6 is 7.82 Å². The molecule has 0 radical (unpaired) electrons. The third kappa shape index (κ3) is 41.7. The minimum absolute atomic E-state index is 0.0159. The standard InChI is InChI=1S/C47H97N2O6P/c1-6-8-10-12-14-16-17-18-19-20-21-22-23-24-25-26-27-28-29-30-31-33-34-36-38-40-46(50)45(44-55-56(52,53)54-43-42-49(3,4)5)48-47(51)41-39-37-35-32-15-13-11-9-7-2/h45-46,50H,6-44H2,1-5H3,(H-,48,51,52,53). The van der Waals surface area contributed by atoms with Crippen LogP contribution < -0.4 is 10.2 Å². The summed E-state index contributed by atoms with van der Waals surface area (Å²) < 4.78 is 23.2. The van der Waals surface area contributed by atoms with E-state index in [1.54, 1.807) is 0 Å². The van der Waals surface area contributed by atoms with Crippen molar-refractivity contribution in [1.29, 1.82) is 0 Å². The molecule has 2 N–H and O–H groups in total. The number of hydrogen-bond donors (Lipinski definition) is 2. The number of unbranched alkanes of at least 4 members (excludes halogenated alkanes) is 32. The van der Waals surface area contributed by atoms with Crippen LogP contribution in [0.2, 0.25) is 0 Å². The van der Waals surface area contributed by atoms with Gasteiger partial charge < -0.3 is 28.8 Å². The number of aliphatic hydroxyl groups is 1. The Hall–Kier alpha value is -0.500. The molecule has 56 heavy (non-hydrogen) atoms. The number of nitrogens with zero attached hydrogens (tertiary/aromatic N) is 1. The number of carbonyl (C=O) groups is 1. The number of nitrogens with one attached hydrogen (secondary N) is 1. The third-order valence-corrected chi connectivity index (χ3v) is 12.3. The number of carbonyl (C=O) groups excluding carboxylic acids is 1. The number of quaternary nitrogens is 1. The van der Waals surface area contributed by atoms with E-state index in [1.807, 2.05) is 21.1 Å². The number of amides is 1. The predicted molar refractivity (Wildman–Crippen MR) is 238 cm³/mol. The first-order valence-electron chi connectivity index (χ1n) is 24.4. The highest BCUT2D eigenvalue weighted by atomic mass is 31.2. The lowest BCUT2D eigenvalue weighted by molar-refractivity contribution is -0.870. The van der Waals surface area contributed by atoms with Gasteiger partial charge in [0.05, 0.1) is 39.9 Å². The van der Waals surface area contributed by atoms with E-state index in [2.05, 4.69) is 19.2 Å². The van der Waals surface area contributed by atoms with Crippen LogP contribution in [0.25, 0.3) is 0 Å². The summed E-state index contributed by atoms with van der Waals surface area (Å²) in [5.74, 6) is -0.165. The minimum Gasteiger partial charge on any atom is -0.756 e. The number of phosphoric acid groups is 1. The molecule has 3 unspecified atom stereocenters. The molecule has 0 aliphatic carbocycles. The van der Waals surface area contributed by atoms with Crippen LogP contribution in [0, 0.1) is 0 Å². The Bertz CT molecular complexity index is 885. The zero-order chi connectivity index (χ0) is 41.4. The largest absolute Gasteiger partial charge is 0.756 e. The van der Waals surface area contributed by atoms with Gasteiger partial charge in [0.2, 0.25) is 5.91 Å². The smallest absolute Gasteiger partial charge is 0.268 e. The van der Waals surface area contributed by atoms with Crippen molar-refractivity contribution in [3.63, 3.8) is 0 Å². The topological polar surface area (TPSA) is 108 Å². The van der Waals surface area contributed by atoms with Crippen LogP contribution in [-0.4, -0.2) is 68.5 Å². The van der Waals surface area contributed by atoms with E-state index in [4.69, 9.17) is 9.05 Å². The highest BCUT2D eigenvalue weighted by Gasteiger charge is 2.24. The molecule has 0 aromatic heterocycles. The average molecular weight is 817 g/mol. The lowest BCUT2D eigenvalue weighted by Gasteiger charge is -2.30. The zero-order valence-electron chi connectivity index (χ0n) is 38.1. The predicted octanol–water partition coefficient (Wildman–Crippen LogP) is 13.1. The second-order valence-electron chi connectivity index (χ2n) is 18.2. The first-order valence-corrected chi connectivity index (χ1v) is 25.8. The van der Waals surface area contributed by atoms with Crippen LogP contribution in [0.3, 0.4) is 0 Å². The number of rotatable bonds is 45. The van der Waals surface area contributed by atoms with Gasteiger partial charge in [0, 0.05) is 6.42 Å². The van der Waals surface area contributed by atoms with Crippen molar-refractivity contribution in [2.45, 2.75) is 257 Å². The maximum absolute atomic E-state index is 12.8. The van der Waals surface area contributed by atoms with Crippen molar-refractivity contribution in [2.24, 2.45) is 0 Å². The molecule has 0 saturated carbocycles. The van der Waals surface area contributed by atoms with E-state index in [-0.39, 0.29) is 19.1 Å². The lowest BCUT2D eigenvalue weighted by atomic mass is 10.0. The van der Waals surface area contributed by atoms with Crippen molar-refractivity contribution in [2.75, 3.05) is 40.9 Å². The molecule has 336 valence electrons. The zero-order valence-corrected chi connectivity index (χ0v) is 39.0. The molecule has 0 saturated heterocycles. The molecule has 0 heterocycles. The number of hydrogen-bond acceptors (Lipinski definition) is 6. The van der Waals surface area contributed by atoms with Crippen LogP contribution in [0.1, 0.15) is 245 Å². The highest BCUT2D eigenvalue weighted by molar-refractivity contribution is 7.45. The Labute approximate surface area is 349 Å². The number of phosphoric ester groups is 1. The number of likely N-dealkylation sites (N-methyl/N-ethyl adjacent to an activating group) is 1. The summed E-state index contributed by atoms with van der Waals surface area (Å²) >= 11 is 0. The average Bonchev–Trinajstić information content (AvgIpc) is 3.15. The van der Waals surface area contributed by atoms with Gasteiger partial charge in [-0.2, -0.15) is 0 Å². The molecule has 9 heteroatoms. The van der Waals surface area contributed by atoms with Crippen molar-refractivity contribution in [1.82, 2.24) is 5.32 Å². The summed E-state index contributed by atoms with van der Waals surface area (Å²) in [6.07, 6.45) is 44.2. The van der Waals surface area contributed by atoms with E-state index in [9.17, 15) is 19.4 Å². The van der Waals surface area contributed by atoms with Crippen LogP contribution in [0.4, 0.5) is 0 Å². The van der Waals surface area contributed by atoms with Crippen LogP contribution in [0.15, 0.2) is 0 Å². The first-order chi connectivity index (χ1) is 27.0. The van der Waals surface area contributed by atoms with Gasteiger partial charge in [-0.25, -0.2) is 0 Å². The van der Waals surface area contributed by atoms with E-state index in [1.165, 1.54) is 180 Å². The number of aliphatic hydroxyl groups excluding tert-OH is 1. The Kier molecular flexibility index (Phi) is 39.6. The van der Waals surface area contributed by atoms with Crippen molar-refractivity contribution < 1.29 is 32.9 Å². The molecule has 1 amide bonds. The molecule has 0 aliphatic rings. The van der Waals surface area contributed by atoms with Gasteiger partial charge in [0.15, 0.2) is 0 Å². The summed E-state index contributed by atoms with van der Waals surface area (Å²) in [6.45, 7) is 4.72. The Balaban J connectivity index is 4.08. The monoisotopic (exact) mass is 817 g/mol. The molecule has 8 nitrogen and oxygen atoms in total. The second-order valence-corrected chi connectivity index (χ2v) is 19.6. The van der Waals surface area contributed by atoms with E-state index < -0.39 is 20.0 Å². The summed E-state index contributed by atoms with van der Waals surface area (Å²) in [5.41, 5.74) is 0. The summed E-state index contributed by atoms with van der Waals surface area (Å²) in [4.78, 5) is 25.2. The molecule has 3 atom stereocenters. The summed E-state index contributed by atoms with van der Waals surface area (Å²) in [5, 5.41) is 13.9. The van der Waals surface area contributed by atoms with E-state index in [0.717, 1.165) is 38.5 Å². The molecule has 0 aromatic rings. The van der Waals surface area contributed by atoms with Crippen molar-refractivity contribution >= 4 is 13.7 Å². The fraction of sp³-hybridized carbons (Fsp3) is 0.979. The molecular weight excluding hydrogens is 719 g/mol. The minimum atomic E-state index is -4.55. The lowest BCUT2D eigenvalue weighted by Crippen LogP contribution is -2.46. The Morgan fingerprint density at radius 2 is 0.875 bits per heavy atom. The Morgan fingerprint density at radius 3 is 1.21 bits per heavy atom. The summed E-state index contributed by atoms with van der Waals surface area (Å²) in [6, 6.07) is -0.792. The maximum Gasteiger partial charge on any atom is 0.268 e. The van der Waals surface area contributed by atoms with Gasteiger partial charge in [-0.3, -0.25) is 9.36 Å². The van der Waals surface area contributed by atoms with E-state index >= 15 is 0 Å². The van der Waals surface area contributed by atoms with Gasteiger partial charge in [0.1, 0.15) is 13.2 Å². The summed E-state index contributed by atoms with van der Waals surface area (Å²) in [7, 11) is 1.32. The second kappa shape index (κ2) is 39.9. The first kappa shape index (κ1) is 55.5. The van der Waals surface area contributed by atoms with E-state index in [0.29, 0.717) is 23.9 Å². The van der Waals surface area contributed by atoms with Crippen molar-refractivity contribution in [3.8, 4) is 0 Å². The van der Waals surface area contributed by atoms with Gasteiger partial charge >= 0.3 is 0 Å². The maximum atomic E-state index is 12.8. The molecular formula is C47H97N2O6P. The van der Waals surface area contributed by atoms with Crippen molar-refractivity contribution in [3.05, 3.63) is 0 Å². The quantitative estimate of drug-likeness (QED) is 0.0360. The molecule has 0 aliphatic heterocycles.